The van der Waals surface area contributed by atoms with Gasteiger partial charge in [-0.15, -0.1) is 0 Å². The Hall–Kier alpha value is -2.73. The van der Waals surface area contributed by atoms with E-state index in [0.717, 1.165) is 28.3 Å². The molecule has 6 nitrogen and oxygen atoms in total. The molecule has 0 aromatic heterocycles. The number of rotatable bonds is 4. The monoisotopic (exact) mass is 345 g/mol. The smallest absolute Gasteiger partial charge is 0.267 e. The SMILES string of the molecule is Cc1cc(C)c(/C=N/NC(=O)c2ccc(Cl)c([N+](=O)[O-])c2)c(C)c1. The zero-order chi connectivity index (χ0) is 17.9. The van der Waals surface area contributed by atoms with Crippen LogP contribution in [-0.4, -0.2) is 17.0 Å². The molecule has 1 N–H and O–H groups in total. The van der Waals surface area contributed by atoms with Crippen molar-refractivity contribution in [1.82, 2.24) is 5.43 Å². The Morgan fingerprint density at radius 1 is 1.21 bits per heavy atom. The van der Waals surface area contributed by atoms with Crippen LogP contribution in [0.4, 0.5) is 5.69 Å². The number of amides is 1. The number of hydrogen-bond acceptors (Lipinski definition) is 4. The molecule has 0 saturated carbocycles. The Bertz CT molecular complexity index is 824. The number of nitrogens with one attached hydrogen (secondary N) is 1. The molecule has 0 aliphatic heterocycles. The lowest BCUT2D eigenvalue weighted by atomic mass is 10.0. The van der Waals surface area contributed by atoms with Gasteiger partial charge in [-0.3, -0.25) is 14.9 Å². The van der Waals surface area contributed by atoms with Crippen molar-refractivity contribution in [3.63, 3.8) is 0 Å². The van der Waals surface area contributed by atoms with Gasteiger partial charge < -0.3 is 0 Å². The molecule has 0 saturated heterocycles. The fraction of sp³-hybridized carbons (Fsp3) is 0.176. The van der Waals surface area contributed by atoms with Gasteiger partial charge in [-0.05, 0) is 44.0 Å². The van der Waals surface area contributed by atoms with Crippen molar-refractivity contribution in [2.75, 3.05) is 0 Å². The fourth-order valence-electron chi connectivity index (χ4n) is 2.41. The second-order valence-corrected chi connectivity index (χ2v) is 5.84. The Labute approximate surface area is 144 Å². The van der Waals surface area contributed by atoms with Crippen LogP contribution in [0.2, 0.25) is 5.02 Å². The summed E-state index contributed by atoms with van der Waals surface area (Å²) in [5, 5.41) is 14.8. The summed E-state index contributed by atoms with van der Waals surface area (Å²) in [6.45, 7) is 5.94. The van der Waals surface area contributed by atoms with Crippen LogP contribution in [0.3, 0.4) is 0 Å². The molecule has 0 aliphatic carbocycles. The summed E-state index contributed by atoms with van der Waals surface area (Å²) in [4.78, 5) is 22.3. The third-order valence-corrected chi connectivity index (χ3v) is 3.82. The van der Waals surface area contributed by atoms with E-state index >= 15 is 0 Å². The third kappa shape index (κ3) is 3.97. The molecule has 2 aromatic carbocycles. The molecule has 0 bridgehead atoms. The predicted octanol–water partition coefficient (Wildman–Crippen LogP) is 3.94. The first-order valence-corrected chi connectivity index (χ1v) is 7.52. The van der Waals surface area contributed by atoms with E-state index in [4.69, 9.17) is 11.6 Å². The molecule has 0 atom stereocenters. The van der Waals surface area contributed by atoms with Gasteiger partial charge in [0.15, 0.2) is 0 Å². The van der Waals surface area contributed by atoms with E-state index in [1.807, 2.05) is 32.9 Å². The first kappa shape index (κ1) is 17.6. The van der Waals surface area contributed by atoms with Gasteiger partial charge in [0.25, 0.3) is 11.6 Å². The Morgan fingerprint density at radius 3 is 2.42 bits per heavy atom. The standard InChI is InChI=1S/C17H16ClN3O3/c1-10-6-11(2)14(12(3)7-10)9-19-20-17(22)13-4-5-15(18)16(8-13)21(23)24/h4-9H,1-3H3,(H,20,22)/b19-9+. The highest BCUT2D eigenvalue weighted by atomic mass is 35.5. The summed E-state index contributed by atoms with van der Waals surface area (Å²) in [5.41, 5.74) is 6.33. The maximum atomic E-state index is 12.1. The maximum Gasteiger partial charge on any atom is 0.288 e. The number of nitro groups is 1. The quantitative estimate of drug-likeness (QED) is 0.517. The van der Waals surface area contributed by atoms with Crippen molar-refractivity contribution < 1.29 is 9.72 Å². The second-order valence-electron chi connectivity index (χ2n) is 5.43. The number of carbonyl (C=O) groups is 1. The molecule has 2 aromatic rings. The molecule has 0 unspecified atom stereocenters. The summed E-state index contributed by atoms with van der Waals surface area (Å²) in [6, 6.07) is 7.89. The molecule has 2 rings (SSSR count). The molecule has 0 radical (unpaired) electrons. The Morgan fingerprint density at radius 2 is 1.83 bits per heavy atom. The first-order chi connectivity index (χ1) is 11.3. The van der Waals surface area contributed by atoms with Crippen LogP contribution < -0.4 is 5.43 Å². The predicted molar refractivity (Wildman–Crippen MR) is 93.8 cm³/mol. The molecular formula is C17H16ClN3O3. The average molecular weight is 346 g/mol. The number of nitro benzene ring substituents is 1. The highest BCUT2D eigenvalue weighted by molar-refractivity contribution is 6.32. The minimum atomic E-state index is -0.637. The van der Waals surface area contributed by atoms with Crippen molar-refractivity contribution in [2.24, 2.45) is 5.10 Å². The maximum absolute atomic E-state index is 12.1. The van der Waals surface area contributed by atoms with Gasteiger partial charge in [-0.2, -0.15) is 5.10 Å². The lowest BCUT2D eigenvalue weighted by molar-refractivity contribution is -0.384. The Balaban J connectivity index is 2.17. The summed E-state index contributed by atoms with van der Waals surface area (Å²) < 4.78 is 0. The van der Waals surface area contributed by atoms with Crippen LogP contribution in [0.25, 0.3) is 0 Å². The second kappa shape index (κ2) is 7.23. The van der Waals surface area contributed by atoms with Crippen molar-refractivity contribution in [2.45, 2.75) is 20.8 Å². The lowest BCUT2D eigenvalue weighted by Crippen LogP contribution is -2.18. The first-order valence-electron chi connectivity index (χ1n) is 7.15. The summed E-state index contributed by atoms with van der Waals surface area (Å²) in [6.07, 6.45) is 1.56. The van der Waals surface area contributed by atoms with E-state index in [2.05, 4.69) is 10.5 Å². The van der Waals surface area contributed by atoms with E-state index < -0.39 is 10.8 Å². The summed E-state index contributed by atoms with van der Waals surface area (Å²) in [5.74, 6) is -0.548. The van der Waals surface area contributed by atoms with E-state index in [0.29, 0.717) is 0 Å². The molecule has 7 heteroatoms. The van der Waals surface area contributed by atoms with Crippen LogP contribution >= 0.6 is 11.6 Å². The van der Waals surface area contributed by atoms with Crippen LogP contribution in [0.5, 0.6) is 0 Å². The number of benzene rings is 2. The van der Waals surface area contributed by atoms with Gasteiger partial charge in [0.05, 0.1) is 11.1 Å². The number of carbonyl (C=O) groups excluding carboxylic acids is 1. The van der Waals surface area contributed by atoms with Gasteiger partial charge in [-0.25, -0.2) is 5.43 Å². The van der Waals surface area contributed by atoms with E-state index in [1.165, 1.54) is 12.1 Å². The fourth-order valence-corrected chi connectivity index (χ4v) is 2.60. The van der Waals surface area contributed by atoms with Gasteiger partial charge in [0.1, 0.15) is 5.02 Å². The molecule has 0 spiro atoms. The average Bonchev–Trinajstić information content (AvgIpc) is 2.49. The van der Waals surface area contributed by atoms with Crippen molar-refractivity contribution >= 4 is 29.4 Å². The minimum absolute atomic E-state index is 0.0223. The molecule has 24 heavy (non-hydrogen) atoms. The highest BCUT2D eigenvalue weighted by Gasteiger charge is 2.16. The summed E-state index contributed by atoms with van der Waals surface area (Å²) >= 11 is 5.72. The third-order valence-electron chi connectivity index (χ3n) is 3.50. The molecule has 0 aliphatic rings. The lowest BCUT2D eigenvalue weighted by Gasteiger charge is -2.06. The van der Waals surface area contributed by atoms with E-state index in [9.17, 15) is 14.9 Å². The number of hydrazone groups is 1. The largest absolute Gasteiger partial charge is 0.288 e. The van der Waals surface area contributed by atoms with Crippen LogP contribution in [0, 0.1) is 30.9 Å². The van der Waals surface area contributed by atoms with Gasteiger partial charge in [-0.1, -0.05) is 29.3 Å². The zero-order valence-electron chi connectivity index (χ0n) is 13.5. The minimum Gasteiger partial charge on any atom is -0.267 e. The molecule has 124 valence electrons. The van der Waals surface area contributed by atoms with Gasteiger partial charge in [0, 0.05) is 17.2 Å². The van der Waals surface area contributed by atoms with E-state index in [1.54, 1.807) is 6.21 Å². The zero-order valence-corrected chi connectivity index (χ0v) is 14.2. The van der Waals surface area contributed by atoms with Crippen LogP contribution in [0.15, 0.2) is 35.4 Å². The number of aryl methyl sites for hydroxylation is 3. The van der Waals surface area contributed by atoms with Gasteiger partial charge >= 0.3 is 0 Å². The normalized spacial score (nSPS) is 10.8. The van der Waals surface area contributed by atoms with Crippen molar-refractivity contribution in [3.05, 3.63) is 73.3 Å². The number of nitrogens with zero attached hydrogens (tertiary/aromatic N) is 2. The summed E-state index contributed by atoms with van der Waals surface area (Å²) in [7, 11) is 0. The van der Waals surface area contributed by atoms with Crippen molar-refractivity contribution in [3.8, 4) is 0 Å². The van der Waals surface area contributed by atoms with Crippen LogP contribution in [0.1, 0.15) is 32.6 Å². The molecular weight excluding hydrogens is 330 g/mol. The molecule has 0 fully saturated rings. The van der Waals surface area contributed by atoms with Gasteiger partial charge in [0.2, 0.25) is 0 Å². The topological polar surface area (TPSA) is 84.6 Å². The molecule has 1 amide bonds. The van der Waals surface area contributed by atoms with Crippen LogP contribution in [-0.2, 0) is 0 Å². The van der Waals surface area contributed by atoms with E-state index in [-0.39, 0.29) is 16.3 Å². The number of halogens is 1. The Kier molecular flexibility index (Phi) is 5.31. The van der Waals surface area contributed by atoms with Crippen molar-refractivity contribution in [1.29, 1.82) is 0 Å². The molecule has 0 heterocycles. The highest BCUT2D eigenvalue weighted by Crippen LogP contribution is 2.25. The number of hydrogen-bond donors (Lipinski definition) is 1.